The van der Waals surface area contributed by atoms with Crippen LogP contribution in [0, 0.1) is 0 Å². The Hall–Kier alpha value is -1.07. The van der Waals surface area contributed by atoms with Gasteiger partial charge >= 0.3 is 0 Å². The number of carbonyl (C=O) groups is 1. The summed E-state index contributed by atoms with van der Waals surface area (Å²) in [6, 6.07) is 3.14. The molecule has 0 saturated carbocycles. The molecule has 1 atom stereocenters. The van der Waals surface area contributed by atoms with Crippen LogP contribution >= 0.6 is 15.9 Å². The van der Waals surface area contributed by atoms with Crippen molar-refractivity contribution in [2.24, 2.45) is 5.73 Å². The van der Waals surface area contributed by atoms with Gasteiger partial charge < -0.3 is 15.8 Å². The number of nitrogens with one attached hydrogen (secondary N) is 1. The van der Waals surface area contributed by atoms with Gasteiger partial charge in [-0.2, -0.15) is 0 Å². The molecular formula is C16H23BrN2O2. The van der Waals surface area contributed by atoms with Gasteiger partial charge in [0.25, 0.3) is 0 Å². The number of ether oxygens (including phenoxy) is 1. The number of unbranched alkanes of at least 4 members (excludes halogenated alkanes) is 5. The Labute approximate surface area is 134 Å². The number of fused-ring (bicyclic) bond motifs is 1. The summed E-state index contributed by atoms with van der Waals surface area (Å²) in [5.74, 6) is 0.599. The summed E-state index contributed by atoms with van der Waals surface area (Å²) in [4.78, 5) is 11.5. The third-order valence-electron chi connectivity index (χ3n) is 3.73. The van der Waals surface area contributed by atoms with E-state index >= 15 is 0 Å². The summed E-state index contributed by atoms with van der Waals surface area (Å²) in [5.41, 5.74) is 7.39. The minimum atomic E-state index is -0.580. The highest BCUT2D eigenvalue weighted by Gasteiger charge is 2.28. The van der Waals surface area contributed by atoms with Gasteiger partial charge in [0.15, 0.2) is 0 Å². The molecule has 116 valence electrons. The van der Waals surface area contributed by atoms with Crippen LogP contribution in [0.3, 0.4) is 0 Å². The number of hydrogen-bond acceptors (Lipinski definition) is 3. The Morgan fingerprint density at radius 2 is 1.95 bits per heavy atom. The molecule has 4 nitrogen and oxygen atoms in total. The van der Waals surface area contributed by atoms with Crippen LogP contribution in [0.1, 0.15) is 57.1 Å². The van der Waals surface area contributed by atoms with Gasteiger partial charge in [-0.3, -0.25) is 4.79 Å². The quantitative estimate of drug-likeness (QED) is 0.689. The highest BCUT2D eigenvalue weighted by atomic mass is 79.9. The van der Waals surface area contributed by atoms with Crippen molar-refractivity contribution < 1.29 is 9.53 Å². The molecule has 2 rings (SSSR count). The van der Waals surface area contributed by atoms with E-state index in [0.717, 1.165) is 27.9 Å². The fourth-order valence-corrected chi connectivity index (χ4v) is 2.94. The Bertz CT molecular complexity index is 505. The Morgan fingerprint density at radius 1 is 1.24 bits per heavy atom. The average molecular weight is 355 g/mol. The van der Waals surface area contributed by atoms with Gasteiger partial charge in [-0.05, 0) is 28.4 Å². The predicted octanol–water partition coefficient (Wildman–Crippen LogP) is 4.14. The van der Waals surface area contributed by atoms with Crippen molar-refractivity contribution in [3.8, 4) is 5.75 Å². The van der Waals surface area contributed by atoms with Gasteiger partial charge in [0.2, 0.25) is 5.91 Å². The first-order chi connectivity index (χ1) is 10.1. The second kappa shape index (κ2) is 7.80. The molecule has 0 aliphatic carbocycles. The number of hydrogen-bond donors (Lipinski definition) is 2. The number of carbonyl (C=O) groups excluding carboxylic acids is 1. The maximum atomic E-state index is 11.5. The van der Waals surface area contributed by atoms with Gasteiger partial charge in [0, 0.05) is 17.3 Å². The molecular weight excluding hydrogens is 332 g/mol. The van der Waals surface area contributed by atoms with E-state index in [-0.39, 0.29) is 5.91 Å². The Morgan fingerprint density at radius 3 is 2.71 bits per heavy atom. The summed E-state index contributed by atoms with van der Waals surface area (Å²) >= 11 is 3.48. The summed E-state index contributed by atoms with van der Waals surface area (Å²) in [7, 11) is 0. The van der Waals surface area contributed by atoms with Crippen LogP contribution < -0.4 is 15.8 Å². The summed E-state index contributed by atoms with van der Waals surface area (Å²) in [6.07, 6.45) is 7.42. The van der Waals surface area contributed by atoms with Crippen LogP contribution in [0.2, 0.25) is 0 Å². The minimum Gasteiger partial charge on any atom is -0.492 e. The van der Waals surface area contributed by atoms with Crippen LogP contribution in [0.25, 0.3) is 0 Å². The number of benzene rings is 1. The molecule has 1 aliphatic rings. The van der Waals surface area contributed by atoms with E-state index < -0.39 is 6.04 Å². The fraction of sp³-hybridized carbons (Fsp3) is 0.562. The van der Waals surface area contributed by atoms with E-state index in [1.54, 1.807) is 0 Å². The molecule has 0 aromatic heterocycles. The molecule has 1 amide bonds. The van der Waals surface area contributed by atoms with E-state index in [9.17, 15) is 4.79 Å². The highest BCUT2D eigenvalue weighted by Crippen LogP contribution is 2.37. The van der Waals surface area contributed by atoms with Crippen molar-refractivity contribution in [3.63, 3.8) is 0 Å². The topological polar surface area (TPSA) is 64.3 Å². The number of anilines is 1. The lowest BCUT2D eigenvalue weighted by molar-refractivity contribution is -0.116. The molecule has 1 aromatic rings. The molecule has 1 aromatic carbocycles. The number of amides is 1. The zero-order valence-corrected chi connectivity index (χ0v) is 14.0. The average Bonchev–Trinajstić information content (AvgIpc) is 2.73. The maximum absolute atomic E-state index is 11.5. The lowest BCUT2D eigenvalue weighted by Crippen LogP contribution is -2.19. The molecule has 0 saturated heterocycles. The third kappa shape index (κ3) is 4.20. The molecule has 0 bridgehead atoms. The van der Waals surface area contributed by atoms with Crippen LogP contribution in [0.4, 0.5) is 5.69 Å². The molecule has 1 unspecified atom stereocenters. The smallest absolute Gasteiger partial charge is 0.245 e. The first-order valence-corrected chi connectivity index (χ1v) is 8.45. The molecule has 21 heavy (non-hydrogen) atoms. The van der Waals surface area contributed by atoms with E-state index in [1.165, 1.54) is 32.1 Å². The van der Waals surface area contributed by atoms with Gasteiger partial charge in [0.05, 0.1) is 11.1 Å². The van der Waals surface area contributed by atoms with Crippen LogP contribution in [-0.4, -0.2) is 12.5 Å². The van der Waals surface area contributed by atoms with Crippen molar-refractivity contribution in [2.75, 3.05) is 11.9 Å². The van der Waals surface area contributed by atoms with Crippen molar-refractivity contribution in [3.05, 3.63) is 22.2 Å². The summed E-state index contributed by atoms with van der Waals surface area (Å²) < 4.78 is 6.65. The largest absolute Gasteiger partial charge is 0.492 e. The lowest BCUT2D eigenvalue weighted by atomic mass is 10.1. The predicted molar refractivity (Wildman–Crippen MR) is 88.6 cm³/mol. The first-order valence-electron chi connectivity index (χ1n) is 7.66. The molecule has 3 N–H and O–H groups in total. The SMILES string of the molecule is CCCCCCCCOc1cc2c(cc1Br)C(N)C(=O)N2. The van der Waals surface area contributed by atoms with Crippen molar-refractivity contribution in [1.29, 1.82) is 0 Å². The second-order valence-electron chi connectivity index (χ2n) is 5.45. The molecule has 5 heteroatoms. The van der Waals surface area contributed by atoms with Crippen LogP contribution in [0.5, 0.6) is 5.75 Å². The molecule has 0 radical (unpaired) electrons. The van der Waals surface area contributed by atoms with Crippen molar-refractivity contribution >= 4 is 27.5 Å². The van der Waals surface area contributed by atoms with Gasteiger partial charge in [0.1, 0.15) is 11.8 Å². The minimum absolute atomic E-state index is 0.162. The maximum Gasteiger partial charge on any atom is 0.245 e. The zero-order valence-electron chi connectivity index (χ0n) is 12.5. The number of nitrogens with two attached hydrogens (primary N) is 1. The fourth-order valence-electron chi connectivity index (χ4n) is 2.46. The van der Waals surface area contributed by atoms with E-state index in [0.29, 0.717) is 6.61 Å². The zero-order chi connectivity index (χ0) is 15.2. The Kier molecular flexibility index (Phi) is 6.06. The first kappa shape index (κ1) is 16.3. The number of halogens is 1. The highest BCUT2D eigenvalue weighted by molar-refractivity contribution is 9.10. The monoisotopic (exact) mass is 354 g/mol. The van der Waals surface area contributed by atoms with E-state index in [2.05, 4.69) is 28.2 Å². The summed E-state index contributed by atoms with van der Waals surface area (Å²) in [6.45, 7) is 2.92. The lowest BCUT2D eigenvalue weighted by Gasteiger charge is -2.11. The third-order valence-corrected chi connectivity index (χ3v) is 4.35. The molecule has 1 heterocycles. The van der Waals surface area contributed by atoms with Gasteiger partial charge in [-0.25, -0.2) is 0 Å². The van der Waals surface area contributed by atoms with Crippen molar-refractivity contribution in [1.82, 2.24) is 0 Å². The van der Waals surface area contributed by atoms with Gasteiger partial charge in [-0.15, -0.1) is 0 Å². The van der Waals surface area contributed by atoms with Crippen LogP contribution in [0.15, 0.2) is 16.6 Å². The second-order valence-corrected chi connectivity index (χ2v) is 6.31. The standard InChI is InChI=1S/C16H23BrN2O2/c1-2-3-4-5-6-7-8-21-14-10-13-11(9-12(14)17)15(18)16(20)19-13/h9-10,15H,2-8,18H2,1H3,(H,19,20). The molecule has 0 fully saturated rings. The van der Waals surface area contributed by atoms with E-state index in [4.69, 9.17) is 10.5 Å². The van der Waals surface area contributed by atoms with Gasteiger partial charge in [-0.1, -0.05) is 39.0 Å². The van der Waals surface area contributed by atoms with Crippen molar-refractivity contribution in [2.45, 2.75) is 51.5 Å². The number of rotatable bonds is 8. The van der Waals surface area contributed by atoms with Crippen LogP contribution in [-0.2, 0) is 4.79 Å². The summed E-state index contributed by atoms with van der Waals surface area (Å²) in [5, 5.41) is 2.77. The Balaban J connectivity index is 1.82. The normalized spacial score (nSPS) is 16.7. The molecule has 0 spiro atoms. The van der Waals surface area contributed by atoms with E-state index in [1.807, 2.05) is 12.1 Å². The molecule has 1 aliphatic heterocycles.